The zero-order chi connectivity index (χ0) is 25.0. The maximum atomic E-state index is 13.1. The molecule has 3 fully saturated rings. The van der Waals surface area contributed by atoms with E-state index in [1.165, 1.54) is 0 Å². The van der Waals surface area contributed by atoms with Gasteiger partial charge in [0.2, 0.25) is 0 Å². The van der Waals surface area contributed by atoms with Gasteiger partial charge in [0, 0.05) is 0 Å². The summed E-state index contributed by atoms with van der Waals surface area (Å²) in [5.41, 5.74) is -0.376. The second kappa shape index (κ2) is 8.41. The van der Waals surface area contributed by atoms with Crippen molar-refractivity contribution in [3.8, 4) is 0 Å². The van der Waals surface area contributed by atoms with Gasteiger partial charge in [-0.05, 0) is 58.9 Å². The maximum Gasteiger partial charge on any atom is 0.338 e. The van der Waals surface area contributed by atoms with Gasteiger partial charge < -0.3 is 28.4 Å². The molecule has 1 aliphatic carbocycles. The lowest BCUT2D eigenvalue weighted by Gasteiger charge is -2.47. The molecule has 5 rings (SSSR count). The number of hydrogen-bond donors (Lipinski definition) is 0. The second-order valence-electron chi connectivity index (χ2n) is 10.2. The molecule has 2 aliphatic heterocycles. The number of hydrogen-bond acceptors (Lipinski definition) is 8. The van der Waals surface area contributed by atoms with Crippen molar-refractivity contribution in [2.45, 2.75) is 82.3 Å². The van der Waals surface area contributed by atoms with Gasteiger partial charge in [0.1, 0.15) is 23.9 Å². The van der Waals surface area contributed by atoms with Gasteiger partial charge in [-0.25, -0.2) is 9.59 Å². The highest BCUT2D eigenvalue weighted by atomic mass is 16.8. The van der Waals surface area contributed by atoms with Crippen LogP contribution in [0.15, 0.2) is 60.7 Å². The van der Waals surface area contributed by atoms with Gasteiger partial charge in [0.05, 0.1) is 11.1 Å². The summed E-state index contributed by atoms with van der Waals surface area (Å²) in [5.74, 6) is -3.06. The molecule has 0 amide bonds. The van der Waals surface area contributed by atoms with Crippen LogP contribution < -0.4 is 0 Å². The molecule has 8 nitrogen and oxygen atoms in total. The van der Waals surface area contributed by atoms with Crippen LogP contribution in [0.1, 0.15) is 55.3 Å². The summed E-state index contributed by atoms with van der Waals surface area (Å²) in [4.78, 5) is 26.2. The lowest BCUT2D eigenvalue weighted by molar-refractivity contribution is -0.209. The number of esters is 2. The van der Waals surface area contributed by atoms with Crippen molar-refractivity contribution in [2.24, 2.45) is 0 Å². The van der Waals surface area contributed by atoms with Crippen molar-refractivity contribution >= 4 is 11.9 Å². The number of carbonyl (C=O) groups is 2. The number of ether oxygens (including phenoxy) is 6. The average Bonchev–Trinajstić information content (AvgIpc) is 3.28. The number of carbonyl (C=O) groups excluding carboxylic acids is 2. The monoisotopic (exact) mass is 482 g/mol. The Balaban J connectivity index is 1.52. The maximum absolute atomic E-state index is 13.1. The Morgan fingerprint density at radius 2 is 1.20 bits per heavy atom. The van der Waals surface area contributed by atoms with Crippen molar-refractivity contribution in [3.05, 3.63) is 71.8 Å². The van der Waals surface area contributed by atoms with Crippen LogP contribution in [-0.4, -0.2) is 59.6 Å². The van der Waals surface area contributed by atoms with Gasteiger partial charge in [0.15, 0.2) is 23.8 Å². The highest BCUT2D eigenvalue weighted by Crippen LogP contribution is 2.51. The van der Waals surface area contributed by atoms with E-state index in [2.05, 4.69) is 0 Å². The minimum atomic E-state index is -1.18. The molecule has 8 heteroatoms. The van der Waals surface area contributed by atoms with Gasteiger partial charge in [-0.2, -0.15) is 0 Å². The third-order valence-electron chi connectivity index (χ3n) is 6.59. The Bertz CT molecular complexity index is 1100. The predicted octanol–water partition coefficient (Wildman–Crippen LogP) is 3.88. The summed E-state index contributed by atoms with van der Waals surface area (Å²) < 4.78 is 37.1. The number of rotatable bonds is 4. The smallest absolute Gasteiger partial charge is 0.338 e. The summed E-state index contributed by atoms with van der Waals surface area (Å²) in [6.45, 7) is 8.86. The van der Waals surface area contributed by atoms with Crippen molar-refractivity contribution in [2.75, 3.05) is 0 Å². The van der Waals surface area contributed by atoms with Gasteiger partial charge in [-0.1, -0.05) is 36.4 Å². The Morgan fingerprint density at radius 1 is 0.686 bits per heavy atom. The van der Waals surface area contributed by atoms with E-state index in [4.69, 9.17) is 28.4 Å². The fourth-order valence-corrected chi connectivity index (χ4v) is 5.29. The Labute approximate surface area is 204 Å². The van der Waals surface area contributed by atoms with E-state index < -0.39 is 59.6 Å². The summed E-state index contributed by atoms with van der Waals surface area (Å²) in [5, 5.41) is 0. The first-order valence-electron chi connectivity index (χ1n) is 11.7. The molecule has 0 spiro atoms. The summed E-state index contributed by atoms with van der Waals surface area (Å²) in [6, 6.07) is 17.4. The standard InChI is InChI=1S/C27H30O8/c1-25(2)32-18-19(30-23(28)16-12-8-6-9-13-16)22-27(5,35-26(3,4)34-22)21(20(18)33-25)31-24(29)17-14-10-7-11-15-17/h6-15,18-22H,1-5H3/t18-,19-,20+,21-,22+,27-/m1/s1. The quantitative estimate of drug-likeness (QED) is 0.607. The largest absolute Gasteiger partial charge is 0.453 e. The molecule has 0 bridgehead atoms. The van der Waals surface area contributed by atoms with Crippen LogP contribution in [-0.2, 0) is 28.4 Å². The summed E-state index contributed by atoms with van der Waals surface area (Å²) in [6.07, 6.45) is -4.04. The first-order chi connectivity index (χ1) is 16.5. The SMILES string of the molecule is CC1(C)O[C@@H]2[C@@H](OC(=O)c3ccccc3)[C@@H]3OC(C)(C)O[C@]3(C)[C@H](OC(=O)c3ccccc3)[C@H]2O1. The van der Waals surface area contributed by atoms with Crippen LogP contribution in [0.4, 0.5) is 0 Å². The Kier molecular flexibility index (Phi) is 5.75. The van der Waals surface area contributed by atoms with E-state index >= 15 is 0 Å². The van der Waals surface area contributed by atoms with Crippen LogP contribution in [0, 0.1) is 0 Å². The van der Waals surface area contributed by atoms with Gasteiger partial charge in [0.25, 0.3) is 0 Å². The summed E-state index contributed by atoms with van der Waals surface area (Å²) in [7, 11) is 0. The normalized spacial score (nSPS) is 34.5. The zero-order valence-corrected chi connectivity index (χ0v) is 20.4. The molecule has 35 heavy (non-hydrogen) atoms. The third-order valence-corrected chi connectivity index (χ3v) is 6.59. The molecule has 0 aromatic heterocycles. The average molecular weight is 483 g/mol. The van der Waals surface area contributed by atoms with E-state index in [-0.39, 0.29) is 0 Å². The van der Waals surface area contributed by atoms with Gasteiger partial charge >= 0.3 is 11.9 Å². The topological polar surface area (TPSA) is 89.5 Å². The third kappa shape index (κ3) is 4.36. The van der Waals surface area contributed by atoms with Crippen molar-refractivity contribution in [3.63, 3.8) is 0 Å². The first kappa shape index (κ1) is 23.9. The van der Waals surface area contributed by atoms with Crippen LogP contribution in [0.5, 0.6) is 0 Å². The predicted molar refractivity (Wildman–Crippen MR) is 124 cm³/mol. The van der Waals surface area contributed by atoms with Gasteiger partial charge in [-0.3, -0.25) is 0 Å². The number of benzene rings is 2. The molecular weight excluding hydrogens is 452 g/mol. The molecule has 2 aromatic rings. The molecule has 0 unspecified atom stereocenters. The van der Waals surface area contributed by atoms with E-state index in [0.29, 0.717) is 11.1 Å². The molecule has 2 heterocycles. The molecule has 6 atom stereocenters. The van der Waals surface area contributed by atoms with Crippen LogP contribution in [0.2, 0.25) is 0 Å². The van der Waals surface area contributed by atoms with Crippen LogP contribution in [0.25, 0.3) is 0 Å². The molecule has 1 saturated carbocycles. The van der Waals surface area contributed by atoms with E-state index in [1.807, 2.05) is 12.1 Å². The van der Waals surface area contributed by atoms with Crippen molar-refractivity contribution in [1.29, 1.82) is 0 Å². The molecule has 2 aromatic carbocycles. The minimum absolute atomic E-state index is 0.401. The molecule has 0 radical (unpaired) electrons. The number of fused-ring (bicyclic) bond motifs is 2. The van der Waals surface area contributed by atoms with E-state index in [9.17, 15) is 9.59 Å². The van der Waals surface area contributed by atoms with Crippen LogP contribution >= 0.6 is 0 Å². The lowest BCUT2D eigenvalue weighted by atomic mass is 9.75. The Morgan fingerprint density at radius 3 is 1.77 bits per heavy atom. The van der Waals surface area contributed by atoms with Crippen LogP contribution in [0.3, 0.4) is 0 Å². The molecule has 2 saturated heterocycles. The highest BCUT2D eigenvalue weighted by molar-refractivity contribution is 5.90. The fraction of sp³-hybridized carbons (Fsp3) is 0.481. The lowest BCUT2D eigenvalue weighted by Crippen LogP contribution is -2.69. The molecule has 3 aliphatic rings. The minimum Gasteiger partial charge on any atom is -0.453 e. The zero-order valence-electron chi connectivity index (χ0n) is 20.4. The van der Waals surface area contributed by atoms with E-state index in [0.717, 1.165) is 0 Å². The van der Waals surface area contributed by atoms with Crippen molar-refractivity contribution < 1.29 is 38.0 Å². The van der Waals surface area contributed by atoms with Gasteiger partial charge in [-0.15, -0.1) is 0 Å². The first-order valence-corrected chi connectivity index (χ1v) is 11.7. The fourth-order valence-electron chi connectivity index (χ4n) is 5.29. The second-order valence-corrected chi connectivity index (χ2v) is 10.2. The highest BCUT2D eigenvalue weighted by Gasteiger charge is 2.71. The molecular formula is C27H30O8. The van der Waals surface area contributed by atoms with E-state index in [1.54, 1.807) is 83.1 Å². The Hall–Kier alpha value is -2.78. The van der Waals surface area contributed by atoms with Crippen molar-refractivity contribution in [1.82, 2.24) is 0 Å². The molecule has 0 N–H and O–H groups in total. The molecule has 186 valence electrons. The summed E-state index contributed by atoms with van der Waals surface area (Å²) >= 11 is 0.